The first-order valence-corrected chi connectivity index (χ1v) is 7.57. The number of hydrogen-bond donors (Lipinski definition) is 2. The van der Waals surface area contributed by atoms with Gasteiger partial charge in [0.05, 0.1) is 4.90 Å². The maximum Gasteiger partial charge on any atom is 0.240 e. The van der Waals surface area contributed by atoms with E-state index < -0.39 is 10.0 Å². The highest BCUT2D eigenvalue weighted by atomic mass is 32.2. The highest BCUT2D eigenvalue weighted by molar-refractivity contribution is 7.89. The molecule has 0 spiro atoms. The van der Waals surface area contributed by atoms with E-state index in [-0.39, 0.29) is 17.5 Å². The summed E-state index contributed by atoms with van der Waals surface area (Å²) in [5.74, 6) is 0. The largest absolute Gasteiger partial charge is 0.326 e. The van der Waals surface area contributed by atoms with E-state index in [0.717, 1.165) is 12.0 Å². The van der Waals surface area contributed by atoms with Crippen LogP contribution in [0, 0.1) is 0 Å². The molecule has 1 aromatic carbocycles. The fourth-order valence-corrected chi connectivity index (χ4v) is 3.05. The predicted molar refractivity (Wildman–Crippen MR) is 71.8 cm³/mol. The molecule has 18 heavy (non-hydrogen) atoms. The van der Waals surface area contributed by atoms with Crippen molar-refractivity contribution in [2.24, 2.45) is 5.73 Å². The first-order chi connectivity index (χ1) is 8.20. The summed E-state index contributed by atoms with van der Waals surface area (Å²) in [5, 5.41) is 0. The van der Waals surface area contributed by atoms with E-state index in [1.165, 1.54) is 0 Å². The van der Waals surface area contributed by atoms with Gasteiger partial charge in [-0.3, -0.25) is 0 Å². The Balaban J connectivity index is 2.18. The lowest BCUT2D eigenvalue weighted by atomic mass is 9.87. The maximum atomic E-state index is 12.0. The summed E-state index contributed by atoms with van der Waals surface area (Å²) in [6, 6.07) is 6.89. The maximum absolute atomic E-state index is 12.0. The minimum absolute atomic E-state index is 0.0224. The Kier molecular flexibility index (Phi) is 3.25. The second-order valence-electron chi connectivity index (χ2n) is 5.90. The molecule has 1 aliphatic rings. The van der Waals surface area contributed by atoms with E-state index >= 15 is 0 Å². The second kappa shape index (κ2) is 4.33. The van der Waals surface area contributed by atoms with Crippen LogP contribution in [0.3, 0.4) is 0 Å². The van der Waals surface area contributed by atoms with Crippen molar-refractivity contribution < 1.29 is 8.42 Å². The van der Waals surface area contributed by atoms with Crippen LogP contribution in [0.15, 0.2) is 29.2 Å². The molecule has 1 aliphatic carbocycles. The van der Waals surface area contributed by atoms with Crippen LogP contribution in [-0.4, -0.2) is 20.5 Å². The molecule has 2 unspecified atom stereocenters. The smallest absolute Gasteiger partial charge is 0.240 e. The minimum Gasteiger partial charge on any atom is -0.326 e. The van der Waals surface area contributed by atoms with Crippen LogP contribution in [-0.2, 0) is 15.4 Å². The fourth-order valence-electron chi connectivity index (χ4n) is 1.75. The number of hydrogen-bond acceptors (Lipinski definition) is 3. The Bertz CT molecular complexity index is 529. The molecule has 2 atom stereocenters. The van der Waals surface area contributed by atoms with Gasteiger partial charge in [-0.2, -0.15) is 0 Å². The van der Waals surface area contributed by atoms with E-state index in [2.05, 4.69) is 25.5 Å². The van der Waals surface area contributed by atoms with Gasteiger partial charge in [0.15, 0.2) is 0 Å². The summed E-state index contributed by atoms with van der Waals surface area (Å²) in [6.45, 7) is 6.29. The number of rotatable bonds is 3. The van der Waals surface area contributed by atoms with Crippen LogP contribution in [0.4, 0.5) is 0 Å². The zero-order valence-electron chi connectivity index (χ0n) is 11.0. The van der Waals surface area contributed by atoms with Gasteiger partial charge in [0.2, 0.25) is 10.0 Å². The van der Waals surface area contributed by atoms with E-state index in [9.17, 15) is 8.42 Å². The van der Waals surface area contributed by atoms with Gasteiger partial charge in [0.25, 0.3) is 0 Å². The van der Waals surface area contributed by atoms with Crippen molar-refractivity contribution in [3.63, 3.8) is 0 Å². The van der Waals surface area contributed by atoms with Crippen LogP contribution in [0.5, 0.6) is 0 Å². The predicted octanol–water partition coefficient (Wildman–Crippen LogP) is 1.36. The number of benzene rings is 1. The molecule has 0 saturated heterocycles. The third kappa shape index (κ3) is 2.91. The molecule has 2 rings (SSSR count). The summed E-state index contributed by atoms with van der Waals surface area (Å²) in [5.41, 5.74) is 6.74. The molecule has 100 valence electrons. The topological polar surface area (TPSA) is 72.2 Å². The third-order valence-corrected chi connectivity index (χ3v) is 4.68. The Labute approximate surface area is 109 Å². The molecule has 0 bridgehead atoms. The molecule has 5 heteroatoms. The minimum atomic E-state index is -3.42. The Morgan fingerprint density at radius 2 is 1.72 bits per heavy atom. The zero-order chi connectivity index (χ0) is 13.6. The lowest BCUT2D eigenvalue weighted by Crippen LogP contribution is -2.29. The molecule has 0 aromatic heterocycles. The van der Waals surface area contributed by atoms with Crippen molar-refractivity contribution in [1.29, 1.82) is 0 Å². The SMILES string of the molecule is CC(C)(C)c1ccc(S(=O)(=O)NC2CC2N)cc1. The lowest BCUT2D eigenvalue weighted by molar-refractivity contribution is 0.577. The Morgan fingerprint density at radius 3 is 2.11 bits per heavy atom. The van der Waals surface area contributed by atoms with Crippen molar-refractivity contribution in [1.82, 2.24) is 4.72 Å². The Hall–Kier alpha value is -0.910. The van der Waals surface area contributed by atoms with Gasteiger partial charge in [-0.1, -0.05) is 32.9 Å². The number of nitrogens with two attached hydrogens (primary N) is 1. The molecular formula is C13H20N2O2S. The number of sulfonamides is 1. The molecule has 1 fully saturated rings. The van der Waals surface area contributed by atoms with E-state index in [1.54, 1.807) is 12.1 Å². The van der Waals surface area contributed by atoms with Crippen molar-refractivity contribution >= 4 is 10.0 Å². The highest BCUT2D eigenvalue weighted by Gasteiger charge is 2.37. The standard InChI is InChI=1S/C13H20N2O2S/c1-13(2,3)9-4-6-10(7-5-9)18(16,17)15-12-8-11(12)14/h4-7,11-12,15H,8,14H2,1-3H3. The Morgan fingerprint density at radius 1 is 1.22 bits per heavy atom. The molecular weight excluding hydrogens is 248 g/mol. The molecule has 0 heterocycles. The quantitative estimate of drug-likeness (QED) is 0.869. The van der Waals surface area contributed by atoms with Gasteiger partial charge < -0.3 is 5.73 Å². The second-order valence-corrected chi connectivity index (χ2v) is 7.62. The highest BCUT2D eigenvalue weighted by Crippen LogP contribution is 2.25. The average molecular weight is 268 g/mol. The fraction of sp³-hybridized carbons (Fsp3) is 0.538. The summed E-state index contributed by atoms with van der Waals surface area (Å²) >= 11 is 0. The van der Waals surface area contributed by atoms with E-state index in [4.69, 9.17) is 5.73 Å². The van der Waals surface area contributed by atoms with Crippen LogP contribution in [0.25, 0.3) is 0 Å². The molecule has 0 aliphatic heterocycles. The van der Waals surface area contributed by atoms with Crippen molar-refractivity contribution in [3.8, 4) is 0 Å². The van der Waals surface area contributed by atoms with Gasteiger partial charge in [-0.15, -0.1) is 0 Å². The molecule has 1 saturated carbocycles. The van der Waals surface area contributed by atoms with Gasteiger partial charge in [-0.05, 0) is 29.5 Å². The average Bonchev–Trinajstić information content (AvgIpc) is 2.92. The normalized spacial score (nSPS) is 24.0. The molecule has 4 nitrogen and oxygen atoms in total. The monoisotopic (exact) mass is 268 g/mol. The third-order valence-electron chi connectivity index (χ3n) is 3.18. The van der Waals surface area contributed by atoms with Gasteiger partial charge in [0, 0.05) is 12.1 Å². The van der Waals surface area contributed by atoms with E-state index in [1.807, 2.05) is 12.1 Å². The van der Waals surface area contributed by atoms with Gasteiger partial charge in [-0.25, -0.2) is 13.1 Å². The van der Waals surface area contributed by atoms with Crippen LogP contribution >= 0.6 is 0 Å². The van der Waals surface area contributed by atoms with Crippen molar-refractivity contribution in [2.45, 2.75) is 49.6 Å². The molecule has 0 radical (unpaired) electrons. The van der Waals surface area contributed by atoms with Crippen molar-refractivity contribution in [2.75, 3.05) is 0 Å². The van der Waals surface area contributed by atoms with E-state index in [0.29, 0.717) is 4.90 Å². The van der Waals surface area contributed by atoms with Crippen LogP contribution in [0.1, 0.15) is 32.8 Å². The summed E-state index contributed by atoms with van der Waals surface area (Å²) in [7, 11) is -3.42. The van der Waals surface area contributed by atoms with Gasteiger partial charge >= 0.3 is 0 Å². The molecule has 3 N–H and O–H groups in total. The first-order valence-electron chi connectivity index (χ1n) is 6.08. The lowest BCUT2D eigenvalue weighted by Gasteiger charge is -2.19. The van der Waals surface area contributed by atoms with Crippen LogP contribution < -0.4 is 10.5 Å². The summed E-state index contributed by atoms with van der Waals surface area (Å²) in [6.07, 6.45) is 0.722. The summed E-state index contributed by atoms with van der Waals surface area (Å²) in [4.78, 5) is 0.301. The zero-order valence-corrected chi connectivity index (χ0v) is 11.8. The van der Waals surface area contributed by atoms with Crippen molar-refractivity contribution in [3.05, 3.63) is 29.8 Å². The first kappa shape index (κ1) is 13.5. The van der Waals surface area contributed by atoms with Crippen LogP contribution in [0.2, 0.25) is 0 Å². The van der Waals surface area contributed by atoms with Gasteiger partial charge in [0.1, 0.15) is 0 Å². The number of nitrogens with one attached hydrogen (secondary N) is 1. The summed E-state index contributed by atoms with van der Waals surface area (Å²) < 4.78 is 26.6. The molecule has 1 aromatic rings. The molecule has 0 amide bonds.